The monoisotopic (exact) mass is 445 g/mol. The Hall–Kier alpha value is -3.63. The molecule has 11 heteroatoms. The van der Waals surface area contributed by atoms with Gasteiger partial charge in [-0.1, -0.05) is 6.07 Å². The summed E-state index contributed by atoms with van der Waals surface area (Å²) < 4.78 is 45.5. The van der Waals surface area contributed by atoms with E-state index >= 15 is 0 Å². The number of alkyl halides is 2. The van der Waals surface area contributed by atoms with E-state index in [-0.39, 0.29) is 30.2 Å². The van der Waals surface area contributed by atoms with Gasteiger partial charge in [0.15, 0.2) is 0 Å². The number of carbonyl (C=O) groups excluding carboxylic acids is 2. The number of benzene rings is 1. The highest BCUT2D eigenvalue weighted by Gasteiger charge is 2.61. The molecule has 0 atom stereocenters. The van der Waals surface area contributed by atoms with Gasteiger partial charge in [-0.15, -0.1) is 0 Å². The number of halogens is 3. The topological polar surface area (TPSA) is 100 Å². The molecule has 0 radical (unpaired) electrons. The molecule has 1 fully saturated rings. The Morgan fingerprint density at radius 2 is 2.12 bits per heavy atom. The van der Waals surface area contributed by atoms with E-state index in [1.54, 1.807) is 24.4 Å². The van der Waals surface area contributed by atoms with E-state index in [1.807, 2.05) is 0 Å². The number of hydrogen-bond acceptors (Lipinski definition) is 5. The van der Waals surface area contributed by atoms with E-state index < -0.39 is 42.6 Å². The molecule has 32 heavy (non-hydrogen) atoms. The lowest BCUT2D eigenvalue weighted by molar-refractivity contribution is -0.131. The molecule has 1 saturated carbocycles. The SMILES string of the molecule is O=C(CN1C(=O)C2(CC(Oc3ccc4[nH]ncc4n3)C2)c2c(F)cccc21)NCC(F)F. The fraction of sp³-hybridized carbons (Fsp3) is 0.333. The molecule has 1 spiro atoms. The lowest BCUT2D eigenvalue weighted by Gasteiger charge is -2.43. The van der Waals surface area contributed by atoms with Gasteiger partial charge < -0.3 is 15.0 Å². The molecule has 3 aromatic rings. The smallest absolute Gasteiger partial charge is 0.255 e. The van der Waals surface area contributed by atoms with Crippen molar-refractivity contribution in [1.82, 2.24) is 20.5 Å². The number of aromatic nitrogens is 3. The largest absolute Gasteiger partial charge is 0.474 e. The molecular weight excluding hydrogens is 427 g/mol. The summed E-state index contributed by atoms with van der Waals surface area (Å²) in [7, 11) is 0. The highest BCUT2D eigenvalue weighted by Crippen LogP contribution is 2.55. The molecule has 8 nitrogen and oxygen atoms in total. The van der Waals surface area contributed by atoms with E-state index in [9.17, 15) is 22.8 Å². The van der Waals surface area contributed by atoms with Crippen LogP contribution in [0.2, 0.25) is 0 Å². The summed E-state index contributed by atoms with van der Waals surface area (Å²) in [4.78, 5) is 30.9. The van der Waals surface area contributed by atoms with Crippen LogP contribution in [-0.2, 0) is 15.0 Å². The third-order valence-corrected chi connectivity index (χ3v) is 5.88. The Bertz CT molecular complexity index is 1210. The van der Waals surface area contributed by atoms with Crippen LogP contribution in [0.15, 0.2) is 36.5 Å². The number of amides is 2. The number of nitrogens with zero attached hydrogens (tertiary/aromatic N) is 3. The van der Waals surface area contributed by atoms with Crippen molar-refractivity contribution < 1.29 is 27.5 Å². The van der Waals surface area contributed by atoms with Crippen LogP contribution < -0.4 is 15.0 Å². The minimum Gasteiger partial charge on any atom is -0.474 e. The van der Waals surface area contributed by atoms with E-state index in [0.717, 1.165) is 10.4 Å². The molecule has 2 amide bonds. The van der Waals surface area contributed by atoms with Crippen molar-refractivity contribution >= 4 is 28.5 Å². The lowest BCUT2D eigenvalue weighted by atomic mass is 9.63. The Morgan fingerprint density at radius 1 is 1.31 bits per heavy atom. The summed E-state index contributed by atoms with van der Waals surface area (Å²) in [5, 5.41) is 8.77. The number of fused-ring (bicyclic) bond motifs is 3. The van der Waals surface area contributed by atoms with Crippen molar-refractivity contribution in [3.05, 3.63) is 47.9 Å². The minimum atomic E-state index is -2.70. The van der Waals surface area contributed by atoms with Gasteiger partial charge in [-0.05, 0) is 18.2 Å². The third kappa shape index (κ3) is 3.24. The second-order valence-corrected chi connectivity index (χ2v) is 7.90. The minimum absolute atomic E-state index is 0.208. The molecule has 1 aliphatic carbocycles. The van der Waals surface area contributed by atoms with Crippen molar-refractivity contribution in [3.8, 4) is 5.88 Å². The van der Waals surface area contributed by atoms with Crippen LogP contribution in [0, 0.1) is 5.82 Å². The predicted octanol–water partition coefficient (Wildman–Crippen LogP) is 2.30. The number of hydrogen-bond donors (Lipinski definition) is 2. The molecule has 3 heterocycles. The Balaban J connectivity index is 1.35. The zero-order valence-corrected chi connectivity index (χ0v) is 16.6. The molecule has 0 unspecified atom stereocenters. The first-order valence-electron chi connectivity index (χ1n) is 10.00. The summed E-state index contributed by atoms with van der Waals surface area (Å²) in [6.45, 7) is -1.28. The third-order valence-electron chi connectivity index (χ3n) is 5.88. The highest BCUT2D eigenvalue weighted by atomic mass is 19.3. The number of anilines is 1. The van der Waals surface area contributed by atoms with Crippen molar-refractivity contribution in [2.75, 3.05) is 18.0 Å². The van der Waals surface area contributed by atoms with Crippen molar-refractivity contribution in [2.24, 2.45) is 0 Å². The maximum Gasteiger partial charge on any atom is 0.255 e. The number of H-pyrrole nitrogens is 1. The van der Waals surface area contributed by atoms with Crippen LogP contribution in [0.5, 0.6) is 5.88 Å². The van der Waals surface area contributed by atoms with Gasteiger partial charge in [0.25, 0.3) is 6.43 Å². The molecule has 2 aliphatic rings. The van der Waals surface area contributed by atoms with Gasteiger partial charge in [-0.3, -0.25) is 14.7 Å². The van der Waals surface area contributed by atoms with E-state index in [4.69, 9.17) is 4.74 Å². The van der Waals surface area contributed by atoms with E-state index in [0.29, 0.717) is 11.4 Å². The molecule has 1 aromatic carbocycles. The fourth-order valence-electron chi connectivity index (χ4n) is 4.46. The Labute approximate surface area is 179 Å². The Kier molecular flexibility index (Phi) is 4.75. The van der Waals surface area contributed by atoms with Crippen LogP contribution in [-0.4, -0.2) is 52.6 Å². The van der Waals surface area contributed by atoms with Crippen LogP contribution >= 0.6 is 0 Å². The van der Waals surface area contributed by atoms with Crippen molar-refractivity contribution in [2.45, 2.75) is 30.8 Å². The van der Waals surface area contributed by atoms with E-state index in [2.05, 4.69) is 20.5 Å². The van der Waals surface area contributed by atoms with E-state index in [1.165, 1.54) is 12.1 Å². The highest BCUT2D eigenvalue weighted by molar-refractivity contribution is 6.11. The van der Waals surface area contributed by atoms with Crippen LogP contribution in [0.1, 0.15) is 18.4 Å². The maximum atomic E-state index is 14.8. The molecule has 0 saturated heterocycles. The lowest BCUT2D eigenvalue weighted by Crippen LogP contribution is -2.55. The first kappa shape index (κ1) is 20.3. The second kappa shape index (κ2) is 7.50. The summed E-state index contributed by atoms with van der Waals surface area (Å²) in [5.41, 5.74) is 0.716. The molecule has 2 N–H and O–H groups in total. The standard InChI is InChI=1S/C21H18F3N5O3/c22-12-2-1-3-15-19(12)21(20(31)29(15)10-17(30)25-9-16(23)24)6-11(7-21)32-18-5-4-13-14(27-18)8-26-28-13/h1-5,8,11,16H,6-7,9-10H2,(H,25,30)(H,26,28). The summed E-state index contributed by atoms with van der Waals surface area (Å²) >= 11 is 0. The number of ether oxygens (including phenoxy) is 1. The fourth-order valence-corrected chi connectivity index (χ4v) is 4.46. The van der Waals surface area contributed by atoms with Gasteiger partial charge in [0, 0.05) is 24.5 Å². The number of nitrogens with one attached hydrogen (secondary N) is 2. The number of aromatic amines is 1. The summed E-state index contributed by atoms with van der Waals surface area (Å²) in [6, 6.07) is 7.71. The van der Waals surface area contributed by atoms with Crippen LogP contribution in [0.3, 0.4) is 0 Å². The van der Waals surface area contributed by atoms with Gasteiger partial charge in [0.05, 0.1) is 29.4 Å². The van der Waals surface area contributed by atoms with Gasteiger partial charge in [0.2, 0.25) is 17.7 Å². The zero-order valence-electron chi connectivity index (χ0n) is 16.6. The average molecular weight is 445 g/mol. The quantitative estimate of drug-likeness (QED) is 0.607. The van der Waals surface area contributed by atoms with Crippen molar-refractivity contribution in [3.63, 3.8) is 0 Å². The van der Waals surface area contributed by atoms with Crippen LogP contribution in [0.25, 0.3) is 11.0 Å². The van der Waals surface area contributed by atoms with Crippen LogP contribution in [0.4, 0.5) is 18.9 Å². The number of rotatable bonds is 6. The maximum absolute atomic E-state index is 14.8. The first-order valence-corrected chi connectivity index (χ1v) is 10.00. The van der Waals surface area contributed by atoms with Gasteiger partial charge in [0.1, 0.15) is 24.0 Å². The summed E-state index contributed by atoms with van der Waals surface area (Å²) in [6.07, 6.45) is -1.10. The molecule has 5 rings (SSSR count). The normalized spacial score (nSPS) is 21.8. The molecule has 166 valence electrons. The number of pyridine rings is 1. The second-order valence-electron chi connectivity index (χ2n) is 7.90. The first-order chi connectivity index (χ1) is 15.4. The number of carbonyl (C=O) groups is 2. The summed E-state index contributed by atoms with van der Waals surface area (Å²) in [5.74, 6) is -1.37. The molecular formula is C21H18F3N5O3. The molecule has 0 bridgehead atoms. The molecule has 1 aliphatic heterocycles. The zero-order chi connectivity index (χ0) is 22.5. The van der Waals surface area contributed by atoms with Crippen molar-refractivity contribution in [1.29, 1.82) is 0 Å². The predicted molar refractivity (Wildman–Crippen MR) is 107 cm³/mol. The van der Waals surface area contributed by atoms with Gasteiger partial charge >= 0.3 is 0 Å². The van der Waals surface area contributed by atoms with Gasteiger partial charge in [-0.25, -0.2) is 18.2 Å². The van der Waals surface area contributed by atoms with Gasteiger partial charge in [-0.2, -0.15) is 5.10 Å². The molecule has 2 aromatic heterocycles. The Morgan fingerprint density at radius 3 is 2.91 bits per heavy atom. The average Bonchev–Trinajstić information content (AvgIpc) is 3.29.